The fourth-order valence-electron chi connectivity index (χ4n) is 3.44. The van der Waals surface area contributed by atoms with Crippen LogP contribution in [0.15, 0.2) is 30.3 Å². The maximum absolute atomic E-state index is 8.17. The summed E-state index contributed by atoms with van der Waals surface area (Å²) in [6, 6.07) is 10.9. The van der Waals surface area contributed by atoms with E-state index < -0.39 is 0 Å². The van der Waals surface area contributed by atoms with Crippen molar-refractivity contribution in [3.63, 3.8) is 0 Å². The van der Waals surface area contributed by atoms with E-state index in [4.69, 9.17) is 5.41 Å². The summed E-state index contributed by atoms with van der Waals surface area (Å²) in [7, 11) is 4.38. The molecule has 0 saturated heterocycles. The quantitative estimate of drug-likeness (QED) is 0.789. The second-order valence-electron chi connectivity index (χ2n) is 6.12. The fourth-order valence-corrected chi connectivity index (χ4v) is 3.44. The monoisotopic (exact) mass is 271 g/mol. The number of nitrogens with zero attached hydrogens (tertiary/aromatic N) is 1. The highest BCUT2D eigenvalue weighted by Gasteiger charge is 2.39. The van der Waals surface area contributed by atoms with Gasteiger partial charge < -0.3 is 5.41 Å². The Balaban J connectivity index is 2.13. The lowest BCUT2D eigenvalue weighted by Crippen LogP contribution is -2.44. The molecule has 1 aliphatic carbocycles. The first-order valence-corrected chi connectivity index (χ1v) is 7.75. The van der Waals surface area contributed by atoms with Crippen molar-refractivity contribution >= 4 is 5.71 Å². The summed E-state index contributed by atoms with van der Waals surface area (Å²) in [5.74, 6) is 1.39. The van der Waals surface area contributed by atoms with Crippen LogP contribution in [-0.4, -0.2) is 24.7 Å². The molecule has 0 aliphatic heterocycles. The Hall–Kier alpha value is -1.15. The molecule has 109 valence electrons. The molecule has 20 heavy (non-hydrogen) atoms. The molecule has 2 nitrogen and oxygen atoms in total. The van der Waals surface area contributed by atoms with Crippen molar-refractivity contribution in [2.45, 2.75) is 51.0 Å². The van der Waals surface area contributed by atoms with Gasteiger partial charge in [0.15, 0.2) is 0 Å². The zero-order valence-electron chi connectivity index (χ0n) is 13.1. The fraction of sp³-hybridized carbons (Fsp3) is 0.556. The molecule has 1 aliphatic rings. The summed E-state index contributed by atoms with van der Waals surface area (Å²) in [6.07, 6.45) is 6.43. The van der Waals surface area contributed by atoms with Crippen LogP contribution in [0.2, 0.25) is 0 Å². The van der Waals surface area contributed by atoms with Crippen LogP contribution >= 0.6 is 0 Å². The molecule has 0 atom stereocenters. The Bertz CT molecular complexity index is 428. The average Bonchev–Trinajstić information content (AvgIpc) is 2.48. The van der Waals surface area contributed by atoms with Crippen LogP contribution in [0.1, 0.15) is 51.0 Å². The van der Waals surface area contributed by atoms with Crippen molar-refractivity contribution in [2.75, 3.05) is 14.1 Å². The molecule has 1 aromatic rings. The minimum absolute atomic E-state index is 0.150. The van der Waals surface area contributed by atoms with Gasteiger partial charge in [-0.1, -0.05) is 43.7 Å². The number of nitrogens with one attached hydrogen (secondary N) is 1. The van der Waals surface area contributed by atoms with Crippen LogP contribution in [-0.2, 0) is 5.54 Å². The largest absolute Gasteiger partial charge is 0.309 e. The molecule has 1 saturated carbocycles. The van der Waals surface area contributed by atoms with Crippen LogP contribution in [0.25, 0.3) is 0 Å². The maximum Gasteiger partial charge on any atom is 0.0455 e. The molecule has 1 aromatic carbocycles. The van der Waals surface area contributed by atoms with Crippen molar-refractivity contribution in [2.24, 2.45) is 0 Å². The highest BCUT2D eigenvalue weighted by atomic mass is 15.1. The first-order valence-electron chi connectivity index (χ1n) is 7.75. The Labute approximate surface area is 123 Å². The van der Waals surface area contributed by atoms with Gasteiger partial charge in [0.05, 0.1) is 0 Å². The molecule has 0 aromatic heterocycles. The van der Waals surface area contributed by atoms with Crippen LogP contribution in [0.5, 0.6) is 0 Å². The third-order valence-electron chi connectivity index (χ3n) is 4.77. The van der Waals surface area contributed by atoms with E-state index in [9.17, 15) is 0 Å². The summed E-state index contributed by atoms with van der Waals surface area (Å²) >= 11 is 0. The van der Waals surface area contributed by atoms with Crippen LogP contribution in [0, 0.1) is 11.3 Å². The molecule has 2 rings (SSSR count). The lowest BCUT2D eigenvalue weighted by molar-refractivity contribution is 0.109. The average molecular weight is 271 g/mol. The van der Waals surface area contributed by atoms with Gasteiger partial charge in [-0.25, -0.2) is 0 Å². The third-order valence-corrected chi connectivity index (χ3v) is 4.77. The molecule has 0 amide bonds. The van der Waals surface area contributed by atoms with Gasteiger partial charge in [-0.15, -0.1) is 0 Å². The number of rotatable bonds is 5. The van der Waals surface area contributed by atoms with Crippen LogP contribution in [0.4, 0.5) is 0 Å². The van der Waals surface area contributed by atoms with Crippen molar-refractivity contribution in [1.82, 2.24) is 4.90 Å². The molecule has 0 bridgehead atoms. The molecular formula is C18H27N2. The van der Waals surface area contributed by atoms with Crippen LogP contribution in [0.3, 0.4) is 0 Å². The summed E-state index contributed by atoms with van der Waals surface area (Å²) in [5.41, 5.74) is 2.47. The lowest BCUT2D eigenvalue weighted by Gasteiger charge is -2.45. The molecule has 1 N–H and O–H groups in total. The van der Waals surface area contributed by atoms with E-state index >= 15 is 0 Å². The molecule has 0 heterocycles. The van der Waals surface area contributed by atoms with Gasteiger partial charge in [-0.05, 0) is 51.8 Å². The Morgan fingerprint density at radius 2 is 1.75 bits per heavy atom. The number of hydrogen-bond acceptors (Lipinski definition) is 2. The van der Waals surface area contributed by atoms with Crippen molar-refractivity contribution in [3.05, 3.63) is 41.8 Å². The van der Waals surface area contributed by atoms with Gasteiger partial charge in [-0.3, -0.25) is 4.90 Å². The minimum atomic E-state index is 0.150. The topological polar surface area (TPSA) is 27.1 Å². The van der Waals surface area contributed by atoms with E-state index in [1.807, 2.05) is 0 Å². The van der Waals surface area contributed by atoms with E-state index in [1.165, 1.54) is 11.5 Å². The Kier molecular flexibility index (Phi) is 4.98. The summed E-state index contributed by atoms with van der Waals surface area (Å²) in [4.78, 5) is 2.38. The summed E-state index contributed by atoms with van der Waals surface area (Å²) < 4.78 is 0. The standard InChI is InChI=1S/C18H27N2/c1-4-8-17(19)15-11-13-18(14-12-15,20(2)3)16-9-6-5-7-10-16/h5-7,9-10,19H,4,8,11-14H2,1-3H3. The van der Waals surface area contributed by atoms with Gasteiger partial charge in [0.25, 0.3) is 0 Å². The lowest BCUT2D eigenvalue weighted by atomic mass is 9.70. The summed E-state index contributed by atoms with van der Waals surface area (Å²) in [6.45, 7) is 2.16. The maximum atomic E-state index is 8.17. The molecule has 2 heteroatoms. The summed E-state index contributed by atoms with van der Waals surface area (Å²) in [5, 5.41) is 8.17. The van der Waals surface area contributed by atoms with Crippen molar-refractivity contribution in [3.8, 4) is 0 Å². The Morgan fingerprint density at radius 3 is 2.25 bits per heavy atom. The normalized spacial score (nSPS) is 19.2. The second kappa shape index (κ2) is 6.53. The first kappa shape index (κ1) is 15.2. The first-order chi connectivity index (χ1) is 9.60. The van der Waals surface area contributed by atoms with Gasteiger partial charge in [-0.2, -0.15) is 0 Å². The predicted molar refractivity (Wildman–Crippen MR) is 86.2 cm³/mol. The molecular weight excluding hydrogens is 244 g/mol. The van der Waals surface area contributed by atoms with Gasteiger partial charge in [0, 0.05) is 17.2 Å². The van der Waals surface area contributed by atoms with E-state index in [1.54, 1.807) is 0 Å². The molecule has 1 radical (unpaired) electrons. The Morgan fingerprint density at radius 1 is 1.15 bits per heavy atom. The van der Waals surface area contributed by atoms with E-state index in [0.29, 0.717) is 0 Å². The predicted octanol–water partition coefficient (Wildman–Crippen LogP) is 4.41. The van der Waals surface area contributed by atoms with Gasteiger partial charge >= 0.3 is 0 Å². The number of hydrogen-bond donors (Lipinski definition) is 1. The van der Waals surface area contributed by atoms with Crippen LogP contribution < -0.4 is 0 Å². The number of benzene rings is 1. The molecule has 0 unspecified atom stereocenters. The van der Waals surface area contributed by atoms with E-state index in [2.05, 4.69) is 56.3 Å². The molecule has 0 spiro atoms. The molecule has 1 fully saturated rings. The zero-order valence-corrected chi connectivity index (χ0v) is 13.1. The smallest absolute Gasteiger partial charge is 0.0455 e. The highest BCUT2D eigenvalue weighted by molar-refractivity contribution is 5.94. The van der Waals surface area contributed by atoms with Crippen molar-refractivity contribution in [1.29, 1.82) is 5.41 Å². The second-order valence-corrected chi connectivity index (χ2v) is 6.12. The third kappa shape index (κ3) is 2.95. The zero-order chi connectivity index (χ0) is 14.6. The highest BCUT2D eigenvalue weighted by Crippen LogP contribution is 2.44. The van der Waals surface area contributed by atoms with Gasteiger partial charge in [0.2, 0.25) is 0 Å². The van der Waals surface area contributed by atoms with Crippen molar-refractivity contribution < 1.29 is 0 Å². The van der Waals surface area contributed by atoms with Gasteiger partial charge in [0.1, 0.15) is 0 Å². The SMILES string of the molecule is CCCC(=N)[C]1CCC(c2ccccc2)(N(C)C)CC1. The van der Waals surface area contributed by atoms with E-state index in [0.717, 1.165) is 44.2 Å². The van der Waals surface area contributed by atoms with E-state index in [-0.39, 0.29) is 5.54 Å². The minimum Gasteiger partial charge on any atom is -0.309 e.